The summed E-state index contributed by atoms with van der Waals surface area (Å²) in [5, 5.41) is 0. The molecule has 1 aromatic heterocycles. The molecule has 2 rings (SSSR count). The van der Waals surface area contributed by atoms with Crippen LogP contribution in [-0.4, -0.2) is 4.98 Å². The fourth-order valence-corrected chi connectivity index (χ4v) is 1.01. The average Bonchev–Trinajstić information content (AvgIpc) is 2.21. The molecule has 0 unspecified atom stereocenters. The number of nitrogens with zero attached hydrogens (tertiary/aromatic N) is 1. The summed E-state index contributed by atoms with van der Waals surface area (Å²) in [6, 6.07) is 17.5. The van der Waals surface area contributed by atoms with Crippen molar-refractivity contribution in [2.45, 2.75) is 0 Å². The quantitative estimate of drug-likeness (QED) is 0.612. The van der Waals surface area contributed by atoms with E-state index in [1.165, 1.54) is 0 Å². The van der Waals surface area contributed by atoms with Gasteiger partial charge in [0.2, 0.25) is 0 Å². The second-order valence-corrected chi connectivity index (χ2v) is 2.40. The largest absolute Gasteiger partial charge is 0.256 e. The van der Waals surface area contributed by atoms with Crippen LogP contribution in [0.5, 0.6) is 0 Å². The van der Waals surface area contributed by atoms with Crippen molar-refractivity contribution in [2.24, 2.45) is 0 Å². The zero-order valence-electron chi connectivity index (χ0n) is 6.49. The van der Waals surface area contributed by atoms with Crippen molar-refractivity contribution in [1.82, 2.24) is 4.98 Å². The van der Waals surface area contributed by atoms with E-state index >= 15 is 0 Å². The van der Waals surface area contributed by atoms with Crippen LogP contribution in [0.4, 0.5) is 0 Å². The van der Waals surface area contributed by atoms with E-state index in [1.54, 1.807) is 6.20 Å². The minimum atomic E-state index is 0.915. The maximum atomic E-state index is 4.19. The summed E-state index contributed by atoms with van der Waals surface area (Å²) in [5.41, 5.74) is 1.83. The van der Waals surface area contributed by atoms with Gasteiger partial charge in [-0.05, 0) is 24.3 Å². The number of hydrogen-bond donors (Lipinski definition) is 0. The monoisotopic (exact) mass is 153 g/mol. The van der Waals surface area contributed by atoms with E-state index in [0.29, 0.717) is 0 Å². The van der Waals surface area contributed by atoms with Crippen LogP contribution in [-0.2, 0) is 0 Å². The fourth-order valence-electron chi connectivity index (χ4n) is 1.01. The van der Waals surface area contributed by atoms with Crippen LogP contribution in [0.1, 0.15) is 0 Å². The lowest BCUT2D eigenvalue weighted by molar-refractivity contribution is 1.32. The molecule has 0 atom stereocenters. The van der Waals surface area contributed by atoms with E-state index in [4.69, 9.17) is 0 Å². The van der Waals surface area contributed by atoms with Crippen LogP contribution in [0.2, 0.25) is 0 Å². The Morgan fingerprint density at radius 3 is 2.50 bits per heavy atom. The van der Waals surface area contributed by atoms with Gasteiger partial charge in [-0.25, -0.2) is 0 Å². The van der Waals surface area contributed by atoms with Crippen molar-refractivity contribution in [3.05, 3.63) is 54.7 Å². The van der Waals surface area contributed by atoms with Gasteiger partial charge >= 0.3 is 0 Å². The summed E-state index contributed by atoms with van der Waals surface area (Å²) < 4.78 is 0. The Labute approximate surface area is 71.7 Å². The van der Waals surface area contributed by atoms with E-state index in [9.17, 15) is 0 Å². The Bertz CT molecular complexity index is 302. The molecular weight excluding hydrogens is 146 g/mol. The molecule has 0 amide bonds. The van der Waals surface area contributed by atoms with Crippen LogP contribution in [0.25, 0.3) is 11.3 Å². The number of hydrogen-bond acceptors (Lipinski definition) is 1. The average molecular weight is 153 g/mol. The zero-order chi connectivity index (χ0) is 8.23. The molecule has 0 aliphatic heterocycles. The molecule has 1 nitrogen and oxygen atoms in total. The van der Waals surface area contributed by atoms with Gasteiger partial charge < -0.3 is 0 Å². The minimum absolute atomic E-state index is 0.915. The molecule has 2 aromatic rings. The Kier molecular flexibility index (Phi) is 1.87. The molecule has 0 bridgehead atoms. The predicted octanol–water partition coefficient (Wildman–Crippen LogP) is 2.35. The summed E-state index contributed by atoms with van der Waals surface area (Å²) in [6.07, 6.45) is 1.77. The summed E-state index contributed by atoms with van der Waals surface area (Å²) in [4.78, 5) is 4.19. The van der Waals surface area contributed by atoms with Crippen LogP contribution in [0, 0.1) is 12.1 Å². The Balaban J connectivity index is 2.46. The SMILES string of the molecule is [c]1ccc[c]c1-c1ccccn1. The van der Waals surface area contributed by atoms with E-state index in [-0.39, 0.29) is 0 Å². The molecular formula is C11H7N. The summed E-state index contributed by atoms with van der Waals surface area (Å²) in [6.45, 7) is 0. The van der Waals surface area contributed by atoms with Gasteiger partial charge in [-0.3, -0.25) is 4.98 Å². The first-order valence-electron chi connectivity index (χ1n) is 3.76. The van der Waals surface area contributed by atoms with Crippen molar-refractivity contribution in [3.8, 4) is 11.3 Å². The molecule has 12 heavy (non-hydrogen) atoms. The van der Waals surface area contributed by atoms with E-state index < -0.39 is 0 Å². The molecule has 0 N–H and O–H groups in total. The van der Waals surface area contributed by atoms with Gasteiger partial charge in [-0.1, -0.05) is 24.3 Å². The number of benzene rings is 1. The fraction of sp³-hybridized carbons (Fsp3) is 0. The normalized spacial score (nSPS) is 9.67. The van der Waals surface area contributed by atoms with Crippen molar-refractivity contribution in [3.63, 3.8) is 0 Å². The Morgan fingerprint density at radius 2 is 1.83 bits per heavy atom. The lowest BCUT2D eigenvalue weighted by Crippen LogP contribution is -1.80. The van der Waals surface area contributed by atoms with Crippen molar-refractivity contribution in [2.75, 3.05) is 0 Å². The second kappa shape index (κ2) is 3.18. The van der Waals surface area contributed by atoms with Crippen LogP contribution >= 0.6 is 0 Å². The van der Waals surface area contributed by atoms with Gasteiger partial charge in [0, 0.05) is 11.8 Å². The smallest absolute Gasteiger partial charge is 0.0714 e. The van der Waals surface area contributed by atoms with Gasteiger partial charge in [-0.15, -0.1) is 0 Å². The molecule has 0 saturated carbocycles. The maximum absolute atomic E-state index is 4.19. The van der Waals surface area contributed by atoms with Gasteiger partial charge in [-0.2, -0.15) is 0 Å². The predicted molar refractivity (Wildman–Crippen MR) is 47.3 cm³/mol. The topological polar surface area (TPSA) is 12.9 Å². The summed E-state index contributed by atoms with van der Waals surface area (Å²) in [7, 11) is 0. The van der Waals surface area contributed by atoms with Crippen molar-refractivity contribution in [1.29, 1.82) is 0 Å². The minimum Gasteiger partial charge on any atom is -0.256 e. The van der Waals surface area contributed by atoms with E-state index in [0.717, 1.165) is 11.3 Å². The molecule has 1 heteroatoms. The number of pyridine rings is 1. The molecule has 2 radical (unpaired) electrons. The molecule has 56 valence electrons. The van der Waals surface area contributed by atoms with Crippen LogP contribution in [0.3, 0.4) is 0 Å². The van der Waals surface area contributed by atoms with Crippen molar-refractivity contribution < 1.29 is 0 Å². The molecule has 0 spiro atoms. The third-order valence-electron chi connectivity index (χ3n) is 1.57. The van der Waals surface area contributed by atoms with Crippen molar-refractivity contribution >= 4 is 0 Å². The Hall–Kier alpha value is -1.63. The van der Waals surface area contributed by atoms with Gasteiger partial charge in [0.25, 0.3) is 0 Å². The third kappa shape index (κ3) is 1.35. The molecule has 1 heterocycles. The maximum Gasteiger partial charge on any atom is 0.0714 e. The zero-order valence-corrected chi connectivity index (χ0v) is 6.49. The van der Waals surface area contributed by atoms with Gasteiger partial charge in [0.15, 0.2) is 0 Å². The molecule has 0 aliphatic carbocycles. The highest BCUT2D eigenvalue weighted by Crippen LogP contribution is 2.12. The van der Waals surface area contributed by atoms with E-state index in [2.05, 4.69) is 17.1 Å². The second-order valence-electron chi connectivity index (χ2n) is 2.40. The van der Waals surface area contributed by atoms with Gasteiger partial charge in [0.1, 0.15) is 0 Å². The highest BCUT2D eigenvalue weighted by molar-refractivity contribution is 5.56. The highest BCUT2D eigenvalue weighted by atomic mass is 14.7. The first-order valence-corrected chi connectivity index (χ1v) is 3.76. The molecule has 0 fully saturated rings. The van der Waals surface area contributed by atoms with Crippen LogP contribution in [0.15, 0.2) is 42.6 Å². The number of aromatic nitrogens is 1. The Morgan fingerprint density at radius 1 is 1.00 bits per heavy atom. The number of rotatable bonds is 1. The summed E-state index contributed by atoms with van der Waals surface area (Å²) in [5.74, 6) is 0. The lowest BCUT2D eigenvalue weighted by atomic mass is 10.1. The highest BCUT2D eigenvalue weighted by Gasteiger charge is 1.94. The summed E-state index contributed by atoms with van der Waals surface area (Å²) >= 11 is 0. The van der Waals surface area contributed by atoms with Gasteiger partial charge in [0.05, 0.1) is 5.69 Å². The first-order chi connectivity index (χ1) is 5.97. The van der Waals surface area contributed by atoms with Crippen LogP contribution < -0.4 is 0 Å². The molecule has 0 aliphatic rings. The standard InChI is InChI=1S/C11H7N/c1-2-6-10(7-3-1)11-8-4-5-9-12-11/h1-5,8-9H. The lowest BCUT2D eigenvalue weighted by Gasteiger charge is -1.96. The molecule has 0 saturated heterocycles. The molecule has 1 aromatic carbocycles. The third-order valence-corrected chi connectivity index (χ3v) is 1.57. The first kappa shape index (κ1) is 7.04. The van der Waals surface area contributed by atoms with E-state index in [1.807, 2.05) is 36.4 Å².